The number of carbonyl (C=O) groups excluding carboxylic acids is 4. The second kappa shape index (κ2) is 11.4. The molecule has 0 saturated heterocycles. The minimum Gasteiger partial charge on any atom is -0.480 e. The van der Waals surface area contributed by atoms with E-state index in [0.29, 0.717) is 0 Å². The van der Waals surface area contributed by atoms with E-state index in [4.69, 9.17) is 16.6 Å². The fourth-order valence-electron chi connectivity index (χ4n) is 2.34. The van der Waals surface area contributed by atoms with Gasteiger partial charge >= 0.3 is 5.97 Å². The van der Waals surface area contributed by atoms with Crippen LogP contribution in [0.25, 0.3) is 0 Å². The van der Waals surface area contributed by atoms with Gasteiger partial charge in [0.25, 0.3) is 0 Å². The highest BCUT2D eigenvalue weighted by Gasteiger charge is 2.27. The van der Waals surface area contributed by atoms with Crippen LogP contribution in [0.1, 0.15) is 18.9 Å². The van der Waals surface area contributed by atoms with E-state index >= 15 is 0 Å². The Labute approximate surface area is 167 Å². The lowest BCUT2D eigenvalue weighted by molar-refractivity contribution is -0.138. The normalized spacial score (nSPS) is 13.4. The molecule has 0 aliphatic carbocycles. The molecule has 0 bridgehead atoms. The van der Waals surface area contributed by atoms with E-state index in [0.717, 1.165) is 5.56 Å². The number of rotatable bonds is 11. The van der Waals surface area contributed by atoms with Gasteiger partial charge in [-0.1, -0.05) is 30.3 Å². The number of amides is 4. The monoisotopic (exact) mass is 407 g/mol. The summed E-state index contributed by atoms with van der Waals surface area (Å²) in [6.45, 7) is 0.684. The smallest absolute Gasteiger partial charge is 0.322 e. The number of benzene rings is 1. The van der Waals surface area contributed by atoms with E-state index in [1.807, 2.05) is 35.6 Å². The van der Waals surface area contributed by atoms with Crippen molar-refractivity contribution in [2.24, 2.45) is 11.5 Å². The SMILES string of the molecule is CC(NC(=O)C(N)Cc1ccccc1)C(=O)NC(CC(N)=O)C(=O)NCC(=O)O. The van der Waals surface area contributed by atoms with E-state index in [2.05, 4.69) is 10.6 Å². The first-order valence-electron chi connectivity index (χ1n) is 8.78. The van der Waals surface area contributed by atoms with E-state index in [1.165, 1.54) is 6.92 Å². The molecule has 29 heavy (non-hydrogen) atoms. The van der Waals surface area contributed by atoms with Gasteiger partial charge in [0.05, 0.1) is 12.5 Å². The predicted molar refractivity (Wildman–Crippen MR) is 102 cm³/mol. The van der Waals surface area contributed by atoms with E-state index in [1.54, 1.807) is 0 Å². The van der Waals surface area contributed by atoms with Crippen LogP contribution >= 0.6 is 0 Å². The lowest BCUT2D eigenvalue weighted by atomic mass is 10.1. The predicted octanol–water partition coefficient (Wildman–Crippen LogP) is -2.38. The summed E-state index contributed by atoms with van der Waals surface area (Å²) in [6.07, 6.45) is -0.270. The number of hydrogen-bond acceptors (Lipinski definition) is 6. The van der Waals surface area contributed by atoms with Gasteiger partial charge in [-0.05, 0) is 18.9 Å². The number of carbonyl (C=O) groups is 5. The summed E-state index contributed by atoms with van der Waals surface area (Å²) in [7, 11) is 0. The van der Waals surface area contributed by atoms with Crippen LogP contribution in [0.15, 0.2) is 30.3 Å². The second-order valence-corrected chi connectivity index (χ2v) is 6.37. The number of aliphatic carboxylic acids is 1. The maximum atomic E-state index is 12.3. The summed E-state index contributed by atoms with van der Waals surface area (Å²) in [5, 5.41) is 15.3. The fourth-order valence-corrected chi connectivity index (χ4v) is 2.34. The van der Waals surface area contributed by atoms with Gasteiger partial charge < -0.3 is 32.5 Å². The summed E-state index contributed by atoms with van der Waals surface area (Å²) in [6, 6.07) is 5.74. The molecule has 11 nitrogen and oxygen atoms in total. The summed E-state index contributed by atoms with van der Waals surface area (Å²) < 4.78 is 0. The van der Waals surface area contributed by atoms with Gasteiger partial charge in [0, 0.05) is 0 Å². The Kier molecular flexibility index (Phi) is 9.26. The van der Waals surface area contributed by atoms with Crippen molar-refractivity contribution in [1.82, 2.24) is 16.0 Å². The molecule has 11 heteroatoms. The second-order valence-electron chi connectivity index (χ2n) is 6.37. The van der Waals surface area contributed by atoms with Crippen molar-refractivity contribution in [3.63, 3.8) is 0 Å². The van der Waals surface area contributed by atoms with Crippen molar-refractivity contribution >= 4 is 29.6 Å². The minimum absolute atomic E-state index is 0.267. The molecule has 0 radical (unpaired) electrons. The van der Waals surface area contributed by atoms with Crippen molar-refractivity contribution in [1.29, 1.82) is 0 Å². The number of primary amides is 1. The molecule has 0 saturated carbocycles. The number of hydrogen-bond donors (Lipinski definition) is 6. The van der Waals surface area contributed by atoms with Gasteiger partial charge in [-0.2, -0.15) is 0 Å². The van der Waals surface area contributed by atoms with Crippen LogP contribution < -0.4 is 27.4 Å². The van der Waals surface area contributed by atoms with Crippen LogP contribution in [0.2, 0.25) is 0 Å². The highest BCUT2D eigenvalue weighted by Crippen LogP contribution is 2.02. The van der Waals surface area contributed by atoms with Crippen LogP contribution in [-0.4, -0.2) is 59.4 Å². The summed E-state index contributed by atoms with van der Waals surface area (Å²) in [5.74, 6) is -4.39. The third kappa shape index (κ3) is 8.84. The standard InChI is InChI=1S/C18H25N5O6/c1-10(22-17(28)12(19)7-11-5-3-2-4-6-11)16(27)23-13(8-14(20)24)18(29)21-9-15(25)26/h2-6,10,12-13H,7-9,19H2,1H3,(H2,20,24)(H,21,29)(H,22,28)(H,23,27)(H,25,26). The van der Waals surface area contributed by atoms with Crippen LogP contribution in [-0.2, 0) is 30.4 Å². The molecule has 1 rings (SSSR count). The first-order valence-corrected chi connectivity index (χ1v) is 8.78. The van der Waals surface area contributed by atoms with Crippen molar-refractivity contribution in [2.45, 2.75) is 37.9 Å². The Morgan fingerprint density at radius 3 is 2.17 bits per heavy atom. The van der Waals surface area contributed by atoms with E-state index in [9.17, 15) is 24.0 Å². The van der Waals surface area contributed by atoms with Gasteiger partial charge in [-0.25, -0.2) is 0 Å². The third-order valence-corrected chi connectivity index (χ3v) is 3.84. The quantitative estimate of drug-likeness (QED) is 0.236. The van der Waals surface area contributed by atoms with Crippen LogP contribution in [0.5, 0.6) is 0 Å². The molecule has 0 aliphatic heterocycles. The highest BCUT2D eigenvalue weighted by molar-refractivity contribution is 5.95. The van der Waals surface area contributed by atoms with Crippen molar-refractivity contribution in [3.8, 4) is 0 Å². The van der Waals surface area contributed by atoms with Gasteiger partial charge in [-0.15, -0.1) is 0 Å². The molecule has 1 aromatic carbocycles. The molecule has 8 N–H and O–H groups in total. The zero-order chi connectivity index (χ0) is 22.0. The highest BCUT2D eigenvalue weighted by atomic mass is 16.4. The third-order valence-electron chi connectivity index (χ3n) is 3.84. The molecule has 1 aromatic rings. The fraction of sp³-hybridized carbons (Fsp3) is 0.389. The molecule has 3 unspecified atom stereocenters. The lowest BCUT2D eigenvalue weighted by Crippen LogP contribution is -2.56. The average Bonchev–Trinajstić information content (AvgIpc) is 2.65. The Morgan fingerprint density at radius 1 is 1.00 bits per heavy atom. The molecule has 158 valence electrons. The zero-order valence-corrected chi connectivity index (χ0v) is 15.9. The number of nitrogens with one attached hydrogen (secondary N) is 3. The molecular formula is C18H25N5O6. The van der Waals surface area contributed by atoms with Crippen LogP contribution in [0.4, 0.5) is 0 Å². The number of nitrogens with two attached hydrogens (primary N) is 2. The van der Waals surface area contributed by atoms with Gasteiger partial charge in [0.2, 0.25) is 23.6 Å². The van der Waals surface area contributed by atoms with Gasteiger partial charge in [0.1, 0.15) is 18.6 Å². The van der Waals surface area contributed by atoms with Gasteiger partial charge in [0.15, 0.2) is 0 Å². The molecule has 0 spiro atoms. The number of carboxylic acids is 1. The molecule has 0 fully saturated rings. The lowest BCUT2D eigenvalue weighted by Gasteiger charge is -2.21. The molecule has 4 amide bonds. The Hall–Kier alpha value is -3.47. The zero-order valence-electron chi connectivity index (χ0n) is 15.9. The van der Waals surface area contributed by atoms with Crippen molar-refractivity contribution < 1.29 is 29.1 Å². The van der Waals surface area contributed by atoms with Crippen molar-refractivity contribution in [3.05, 3.63) is 35.9 Å². The minimum atomic E-state index is -1.38. The summed E-state index contributed by atoms with van der Waals surface area (Å²) in [4.78, 5) is 58.1. The first-order chi connectivity index (χ1) is 13.6. The van der Waals surface area contributed by atoms with Gasteiger partial charge in [-0.3, -0.25) is 24.0 Å². The maximum Gasteiger partial charge on any atom is 0.322 e. The maximum absolute atomic E-state index is 12.3. The molecule has 0 aromatic heterocycles. The summed E-state index contributed by atoms with van der Waals surface area (Å²) in [5.41, 5.74) is 11.8. The molecule has 3 atom stereocenters. The Bertz CT molecular complexity index is 754. The van der Waals surface area contributed by atoms with Crippen LogP contribution in [0, 0.1) is 0 Å². The first kappa shape index (κ1) is 23.6. The Morgan fingerprint density at radius 2 is 1.62 bits per heavy atom. The molecule has 0 aliphatic rings. The van der Waals surface area contributed by atoms with Crippen molar-refractivity contribution in [2.75, 3.05) is 6.54 Å². The van der Waals surface area contributed by atoms with E-state index in [-0.39, 0.29) is 6.42 Å². The number of carboxylic acid groups (broad SMARTS) is 1. The average molecular weight is 407 g/mol. The summed E-state index contributed by atoms with van der Waals surface area (Å²) >= 11 is 0. The molecule has 0 heterocycles. The molecular weight excluding hydrogens is 382 g/mol. The topological polar surface area (TPSA) is 194 Å². The van der Waals surface area contributed by atoms with Crippen LogP contribution in [0.3, 0.4) is 0 Å². The van der Waals surface area contributed by atoms with E-state index < -0.39 is 60.7 Å². The Balaban J connectivity index is 2.63. The largest absolute Gasteiger partial charge is 0.480 e.